The second-order valence-corrected chi connectivity index (χ2v) is 17.4. The zero-order valence-electron chi connectivity index (χ0n) is 41.6. The Kier molecular flexibility index (Phi) is 39.7. The fourth-order valence-corrected chi connectivity index (χ4v) is 7.22. The van der Waals surface area contributed by atoms with Crippen LogP contribution in [0.4, 0.5) is 0 Å². The van der Waals surface area contributed by atoms with Gasteiger partial charge in [0.25, 0.3) is 0 Å². The molecule has 0 aromatic rings. The van der Waals surface area contributed by atoms with E-state index in [0.29, 0.717) is 19.3 Å². The first-order valence-electron chi connectivity index (χ1n) is 25.9. The normalized spacial score (nSPS) is 19.4. The molecule has 1 heterocycles. The molecule has 1 rings (SSSR count). The van der Waals surface area contributed by atoms with Crippen molar-refractivity contribution in [1.29, 1.82) is 0 Å². The van der Waals surface area contributed by atoms with Crippen LogP contribution in [-0.2, 0) is 42.9 Å². The average Bonchev–Trinajstić information content (AvgIpc) is 3.31. The van der Waals surface area contributed by atoms with Crippen molar-refractivity contribution >= 4 is 23.9 Å². The van der Waals surface area contributed by atoms with Crippen molar-refractivity contribution in [2.45, 2.75) is 237 Å². The fourth-order valence-electron chi connectivity index (χ4n) is 7.22. The van der Waals surface area contributed by atoms with Crippen LogP contribution in [-0.4, -0.2) is 89.2 Å². The van der Waals surface area contributed by atoms with E-state index >= 15 is 0 Å². The van der Waals surface area contributed by atoms with Gasteiger partial charge < -0.3 is 39.0 Å². The summed E-state index contributed by atoms with van der Waals surface area (Å²) in [7, 11) is 0. The first kappa shape index (κ1) is 61.2. The molecule has 0 aromatic heterocycles. The Morgan fingerprint density at radius 3 is 1.52 bits per heavy atom. The highest BCUT2D eigenvalue weighted by atomic mass is 16.7. The minimum absolute atomic E-state index is 0.0208. The van der Waals surface area contributed by atoms with Crippen LogP contribution in [0.3, 0.4) is 0 Å². The third kappa shape index (κ3) is 34.2. The maximum atomic E-state index is 13.0. The number of ether oxygens (including phenoxy) is 5. The van der Waals surface area contributed by atoms with Gasteiger partial charge in [-0.15, -0.1) is 0 Å². The Morgan fingerprint density at radius 1 is 0.507 bits per heavy atom. The number of carbonyl (C=O) groups is 4. The molecule has 1 aliphatic heterocycles. The van der Waals surface area contributed by atoms with Crippen molar-refractivity contribution < 1.29 is 58.2 Å². The average molecular weight is 943 g/mol. The summed E-state index contributed by atoms with van der Waals surface area (Å²) >= 11 is 0. The summed E-state index contributed by atoms with van der Waals surface area (Å²) in [5.41, 5.74) is 0. The van der Waals surface area contributed by atoms with E-state index in [1.165, 1.54) is 12.8 Å². The molecule has 12 heteroatoms. The van der Waals surface area contributed by atoms with Gasteiger partial charge in [0.15, 0.2) is 24.6 Å². The molecule has 1 fully saturated rings. The molecule has 1 saturated heterocycles. The minimum Gasteiger partial charge on any atom is -0.479 e. The predicted molar refractivity (Wildman–Crippen MR) is 266 cm³/mol. The molecule has 67 heavy (non-hydrogen) atoms. The van der Waals surface area contributed by atoms with Gasteiger partial charge in [0, 0.05) is 19.3 Å². The number of rotatable bonds is 42. The predicted octanol–water partition coefficient (Wildman–Crippen LogP) is 12.2. The van der Waals surface area contributed by atoms with Gasteiger partial charge in [0.2, 0.25) is 0 Å². The van der Waals surface area contributed by atoms with Crippen LogP contribution in [0.15, 0.2) is 72.9 Å². The quantitative estimate of drug-likeness (QED) is 0.0229. The Balaban J connectivity index is 2.77. The lowest BCUT2D eigenvalue weighted by Gasteiger charge is -2.40. The number of allylic oxidation sites excluding steroid dienone is 12. The summed E-state index contributed by atoms with van der Waals surface area (Å²) in [5.74, 6) is -3.20. The molecule has 6 atom stereocenters. The Bertz CT molecular complexity index is 1450. The number of hydrogen-bond acceptors (Lipinski definition) is 11. The third-order valence-electron chi connectivity index (χ3n) is 11.2. The van der Waals surface area contributed by atoms with Gasteiger partial charge in [-0.25, -0.2) is 4.79 Å². The van der Waals surface area contributed by atoms with E-state index in [0.717, 1.165) is 128 Å². The number of carbonyl (C=O) groups excluding carboxylic acids is 3. The molecule has 0 amide bonds. The van der Waals surface area contributed by atoms with Crippen molar-refractivity contribution in [2.24, 2.45) is 0 Å². The lowest BCUT2D eigenvalue weighted by atomic mass is 9.98. The van der Waals surface area contributed by atoms with Crippen molar-refractivity contribution in [3.63, 3.8) is 0 Å². The molecular weight excluding hydrogens is 853 g/mol. The van der Waals surface area contributed by atoms with Crippen LogP contribution < -0.4 is 0 Å². The highest BCUT2D eigenvalue weighted by Gasteiger charge is 2.50. The summed E-state index contributed by atoms with van der Waals surface area (Å²) < 4.78 is 28.2. The number of carboxylic acids is 1. The topological polar surface area (TPSA) is 175 Å². The summed E-state index contributed by atoms with van der Waals surface area (Å²) in [6.45, 7) is 5.70. The molecule has 3 N–H and O–H groups in total. The van der Waals surface area contributed by atoms with E-state index in [2.05, 4.69) is 93.7 Å². The summed E-state index contributed by atoms with van der Waals surface area (Å²) in [5, 5.41) is 31.3. The van der Waals surface area contributed by atoms with Crippen LogP contribution >= 0.6 is 0 Å². The summed E-state index contributed by atoms with van der Waals surface area (Å²) in [4.78, 5) is 50.8. The van der Waals surface area contributed by atoms with Crippen molar-refractivity contribution in [2.75, 3.05) is 13.2 Å². The number of esters is 3. The number of aliphatic carboxylic acids is 1. The smallest absolute Gasteiger partial charge is 0.335 e. The van der Waals surface area contributed by atoms with Gasteiger partial charge in [0.05, 0.1) is 6.61 Å². The molecule has 0 spiro atoms. The lowest BCUT2D eigenvalue weighted by Crippen LogP contribution is -2.61. The Hall–Kier alpha value is -3.84. The maximum absolute atomic E-state index is 13.0. The SMILES string of the molecule is CC/C=C\C/C=C\C/C=C\CCCCCC(=O)OC1C(OCC(COC(=O)CCCCCCC/C=C\C/C=C\CCC)OC(=O)CCCCCCC/C=C\CCCC)OC(C(=O)O)C(O)C1O. The number of carboxylic acid groups (broad SMARTS) is 1. The van der Waals surface area contributed by atoms with Crippen LogP contribution in [0.1, 0.15) is 201 Å². The van der Waals surface area contributed by atoms with Gasteiger partial charge >= 0.3 is 23.9 Å². The minimum atomic E-state index is -1.92. The number of aliphatic hydroxyl groups is 2. The van der Waals surface area contributed by atoms with Crippen LogP contribution in [0.5, 0.6) is 0 Å². The first-order chi connectivity index (χ1) is 32.6. The second-order valence-electron chi connectivity index (χ2n) is 17.4. The lowest BCUT2D eigenvalue weighted by molar-refractivity contribution is -0.301. The van der Waals surface area contributed by atoms with E-state index in [1.807, 2.05) is 0 Å². The highest BCUT2D eigenvalue weighted by Crippen LogP contribution is 2.26. The molecule has 0 bridgehead atoms. The van der Waals surface area contributed by atoms with Gasteiger partial charge in [-0.3, -0.25) is 14.4 Å². The standard InChI is InChI=1S/C55H90O12/c1-4-7-10-13-16-19-22-24-27-29-32-35-38-41-47(56)63-44-46(65-48(57)42-39-36-33-30-26-21-18-15-12-9-6-3)45-64-55-53(51(60)50(59)52(67-55)54(61)62)66-49(58)43-40-37-34-31-28-25-23-20-17-14-11-8-5-2/h8,10-11,13,15,17-20,22,25,28,46,50-53,55,59-60H,4-7,9,12,14,16,21,23-24,26-27,29-45H2,1-3H3,(H,61,62)/b11-8-,13-10-,18-15-,20-17-,22-19-,28-25-. The molecule has 12 nitrogen and oxygen atoms in total. The van der Waals surface area contributed by atoms with E-state index < -0.39 is 67.3 Å². The number of hydrogen-bond donors (Lipinski definition) is 3. The first-order valence-corrected chi connectivity index (χ1v) is 25.9. The van der Waals surface area contributed by atoms with Crippen molar-refractivity contribution in [1.82, 2.24) is 0 Å². The molecular formula is C55H90O12. The van der Waals surface area contributed by atoms with Crippen LogP contribution in [0, 0.1) is 0 Å². The van der Waals surface area contributed by atoms with E-state index in [4.69, 9.17) is 23.7 Å². The Morgan fingerprint density at radius 2 is 0.970 bits per heavy atom. The Labute approximate surface area is 404 Å². The monoisotopic (exact) mass is 943 g/mol. The molecule has 0 aliphatic carbocycles. The largest absolute Gasteiger partial charge is 0.479 e. The van der Waals surface area contributed by atoms with Crippen molar-refractivity contribution in [3.05, 3.63) is 72.9 Å². The number of unbranched alkanes of at least 4 members (excludes halogenated alkanes) is 16. The molecule has 6 unspecified atom stereocenters. The van der Waals surface area contributed by atoms with Crippen LogP contribution in [0.2, 0.25) is 0 Å². The van der Waals surface area contributed by atoms with Gasteiger partial charge in [-0.2, -0.15) is 0 Å². The van der Waals surface area contributed by atoms with Crippen LogP contribution in [0.25, 0.3) is 0 Å². The third-order valence-corrected chi connectivity index (χ3v) is 11.2. The molecule has 0 aromatic carbocycles. The highest BCUT2D eigenvalue weighted by molar-refractivity contribution is 5.74. The second kappa shape index (κ2) is 43.4. The molecule has 0 saturated carbocycles. The summed E-state index contributed by atoms with van der Waals surface area (Å²) in [6, 6.07) is 0. The van der Waals surface area contributed by atoms with Gasteiger partial charge in [0.1, 0.15) is 18.8 Å². The fraction of sp³-hybridized carbons (Fsp3) is 0.709. The molecule has 0 radical (unpaired) electrons. The van der Waals surface area contributed by atoms with E-state index in [1.54, 1.807) is 0 Å². The van der Waals surface area contributed by atoms with Crippen molar-refractivity contribution in [3.8, 4) is 0 Å². The zero-order valence-corrected chi connectivity index (χ0v) is 41.6. The zero-order chi connectivity index (χ0) is 49.0. The molecule has 382 valence electrons. The number of aliphatic hydroxyl groups excluding tert-OH is 2. The molecule has 1 aliphatic rings. The van der Waals surface area contributed by atoms with Gasteiger partial charge in [-0.1, -0.05) is 158 Å². The van der Waals surface area contributed by atoms with Gasteiger partial charge in [-0.05, 0) is 96.3 Å². The van der Waals surface area contributed by atoms with E-state index in [-0.39, 0.29) is 25.9 Å². The summed E-state index contributed by atoms with van der Waals surface area (Å²) in [6.07, 6.45) is 40.4. The maximum Gasteiger partial charge on any atom is 0.335 e. The van der Waals surface area contributed by atoms with E-state index in [9.17, 15) is 34.5 Å².